The Morgan fingerprint density at radius 3 is 2.82 bits per heavy atom. The third kappa shape index (κ3) is 1.32. The third-order valence-electron chi connectivity index (χ3n) is 1.47. The van der Waals surface area contributed by atoms with E-state index in [-0.39, 0.29) is 11.4 Å². The first-order valence-corrected chi connectivity index (χ1v) is 3.20. The molecule has 0 amide bonds. The second kappa shape index (κ2) is 2.62. The van der Waals surface area contributed by atoms with Crippen molar-refractivity contribution in [1.29, 1.82) is 0 Å². The summed E-state index contributed by atoms with van der Waals surface area (Å²) >= 11 is 0. The Balaban J connectivity index is 3.48. The Labute approximate surface area is 64.0 Å². The number of nitrogens with one attached hydrogen (secondary N) is 1. The van der Waals surface area contributed by atoms with Crippen molar-refractivity contribution in [3.05, 3.63) is 34.1 Å². The fourth-order valence-electron chi connectivity index (χ4n) is 0.939. The molecule has 0 atom stereocenters. The normalized spacial score (nSPS) is 9.55. The van der Waals surface area contributed by atoms with Crippen molar-refractivity contribution in [2.45, 2.75) is 6.92 Å². The van der Waals surface area contributed by atoms with Crippen LogP contribution < -0.4 is 5.56 Å². The number of H-pyrrole nitrogens is 1. The SMILES string of the molecule is C=Cc1c(C)cc(=O)[nH]c1O. The number of pyridine rings is 1. The number of aromatic amines is 1. The minimum absolute atomic E-state index is 0.120. The van der Waals surface area contributed by atoms with Gasteiger partial charge in [0.1, 0.15) is 0 Å². The number of hydrogen-bond acceptors (Lipinski definition) is 2. The molecule has 0 saturated heterocycles. The van der Waals surface area contributed by atoms with E-state index in [9.17, 15) is 4.79 Å². The molecule has 1 aromatic heterocycles. The van der Waals surface area contributed by atoms with Crippen molar-refractivity contribution in [1.82, 2.24) is 4.98 Å². The van der Waals surface area contributed by atoms with Gasteiger partial charge in [-0.2, -0.15) is 0 Å². The Hall–Kier alpha value is -1.51. The smallest absolute Gasteiger partial charge is 0.250 e. The van der Waals surface area contributed by atoms with E-state index in [1.165, 1.54) is 12.1 Å². The molecule has 0 unspecified atom stereocenters. The zero-order valence-electron chi connectivity index (χ0n) is 6.22. The van der Waals surface area contributed by atoms with E-state index < -0.39 is 0 Å². The predicted octanol–water partition coefficient (Wildman–Crippen LogP) is 1.03. The summed E-state index contributed by atoms with van der Waals surface area (Å²) in [6.07, 6.45) is 1.50. The molecule has 0 fully saturated rings. The number of aryl methyl sites for hydroxylation is 1. The summed E-state index contributed by atoms with van der Waals surface area (Å²) in [6, 6.07) is 1.41. The fraction of sp³-hybridized carbons (Fsp3) is 0.125. The lowest BCUT2D eigenvalue weighted by atomic mass is 10.1. The number of hydrogen-bond donors (Lipinski definition) is 2. The lowest BCUT2D eigenvalue weighted by Crippen LogP contribution is -2.05. The van der Waals surface area contributed by atoms with Crippen LogP contribution >= 0.6 is 0 Å². The van der Waals surface area contributed by atoms with Gasteiger partial charge in [0, 0.05) is 11.6 Å². The predicted molar refractivity (Wildman–Crippen MR) is 43.6 cm³/mol. The summed E-state index contributed by atoms with van der Waals surface area (Å²) in [5.74, 6) is -0.120. The van der Waals surface area contributed by atoms with Gasteiger partial charge in [0.2, 0.25) is 0 Å². The average Bonchev–Trinajstić information content (AvgIpc) is 1.85. The van der Waals surface area contributed by atoms with Gasteiger partial charge in [-0.05, 0) is 12.5 Å². The molecule has 0 radical (unpaired) electrons. The van der Waals surface area contributed by atoms with Crippen molar-refractivity contribution in [3.63, 3.8) is 0 Å². The molecule has 0 aliphatic carbocycles. The molecule has 0 aromatic carbocycles. The van der Waals surface area contributed by atoms with Gasteiger partial charge in [0.15, 0.2) is 5.88 Å². The first-order chi connectivity index (χ1) is 5.15. The topological polar surface area (TPSA) is 53.1 Å². The molecule has 3 heteroatoms. The standard InChI is InChI=1S/C8H9NO2/c1-3-6-5(2)4-7(10)9-8(6)11/h3-4H,1H2,2H3,(H2,9,10,11). The number of aromatic nitrogens is 1. The van der Waals surface area contributed by atoms with E-state index in [0.717, 1.165) is 5.56 Å². The summed E-state index contributed by atoms with van der Waals surface area (Å²) in [5, 5.41) is 9.15. The molecule has 1 aromatic rings. The quantitative estimate of drug-likeness (QED) is 0.629. The summed E-state index contributed by atoms with van der Waals surface area (Å²) in [6.45, 7) is 5.24. The van der Waals surface area contributed by atoms with E-state index in [1.54, 1.807) is 6.92 Å². The molecule has 0 saturated carbocycles. The van der Waals surface area contributed by atoms with E-state index in [2.05, 4.69) is 11.6 Å². The van der Waals surface area contributed by atoms with Crippen LogP contribution in [-0.2, 0) is 0 Å². The molecule has 0 bridgehead atoms. The van der Waals surface area contributed by atoms with Crippen LogP contribution in [0.25, 0.3) is 6.08 Å². The molecule has 0 spiro atoms. The van der Waals surface area contributed by atoms with Crippen molar-refractivity contribution >= 4 is 6.08 Å². The highest BCUT2D eigenvalue weighted by atomic mass is 16.3. The highest BCUT2D eigenvalue weighted by Crippen LogP contribution is 2.15. The molecule has 1 rings (SSSR count). The average molecular weight is 151 g/mol. The minimum atomic E-state index is -0.300. The van der Waals surface area contributed by atoms with Gasteiger partial charge in [-0.3, -0.25) is 9.78 Å². The molecule has 11 heavy (non-hydrogen) atoms. The minimum Gasteiger partial charge on any atom is -0.494 e. The molecule has 2 N–H and O–H groups in total. The number of rotatable bonds is 1. The molecule has 1 heterocycles. The molecule has 0 aliphatic rings. The largest absolute Gasteiger partial charge is 0.494 e. The van der Waals surface area contributed by atoms with Crippen LogP contribution in [0.2, 0.25) is 0 Å². The van der Waals surface area contributed by atoms with Crippen molar-refractivity contribution < 1.29 is 5.11 Å². The van der Waals surface area contributed by atoms with Crippen LogP contribution in [0.5, 0.6) is 5.88 Å². The van der Waals surface area contributed by atoms with Crippen LogP contribution in [0.4, 0.5) is 0 Å². The maximum atomic E-state index is 10.7. The van der Waals surface area contributed by atoms with Gasteiger partial charge in [0.05, 0.1) is 0 Å². The molecular formula is C8H9NO2. The van der Waals surface area contributed by atoms with Crippen LogP contribution in [0.3, 0.4) is 0 Å². The zero-order valence-corrected chi connectivity index (χ0v) is 6.22. The third-order valence-corrected chi connectivity index (χ3v) is 1.47. The maximum Gasteiger partial charge on any atom is 0.250 e. The van der Waals surface area contributed by atoms with Gasteiger partial charge in [-0.25, -0.2) is 0 Å². The van der Waals surface area contributed by atoms with Gasteiger partial charge in [0.25, 0.3) is 5.56 Å². The van der Waals surface area contributed by atoms with Gasteiger partial charge >= 0.3 is 0 Å². The van der Waals surface area contributed by atoms with Gasteiger partial charge in [-0.15, -0.1) is 0 Å². The van der Waals surface area contributed by atoms with Crippen molar-refractivity contribution in [2.24, 2.45) is 0 Å². The highest BCUT2D eigenvalue weighted by molar-refractivity contribution is 5.56. The monoisotopic (exact) mass is 151 g/mol. The number of aromatic hydroxyl groups is 1. The summed E-state index contributed by atoms with van der Waals surface area (Å²) in [7, 11) is 0. The van der Waals surface area contributed by atoms with Crippen LogP contribution in [0, 0.1) is 6.92 Å². The first kappa shape index (κ1) is 7.60. The molecule has 0 aliphatic heterocycles. The fourth-order valence-corrected chi connectivity index (χ4v) is 0.939. The Kier molecular flexibility index (Phi) is 1.81. The van der Waals surface area contributed by atoms with E-state index >= 15 is 0 Å². The second-order valence-electron chi connectivity index (χ2n) is 2.28. The van der Waals surface area contributed by atoms with E-state index in [1.807, 2.05) is 0 Å². The Morgan fingerprint density at radius 1 is 1.73 bits per heavy atom. The summed E-state index contributed by atoms with van der Waals surface area (Å²) < 4.78 is 0. The second-order valence-corrected chi connectivity index (χ2v) is 2.28. The molecule has 3 nitrogen and oxygen atoms in total. The van der Waals surface area contributed by atoms with Crippen LogP contribution in [0.1, 0.15) is 11.1 Å². The summed E-state index contributed by atoms with van der Waals surface area (Å²) in [4.78, 5) is 13.0. The van der Waals surface area contributed by atoms with Crippen molar-refractivity contribution in [2.75, 3.05) is 0 Å². The van der Waals surface area contributed by atoms with Gasteiger partial charge < -0.3 is 5.11 Å². The van der Waals surface area contributed by atoms with Gasteiger partial charge in [-0.1, -0.05) is 12.7 Å². The lowest BCUT2D eigenvalue weighted by molar-refractivity contribution is 0.450. The first-order valence-electron chi connectivity index (χ1n) is 3.20. The van der Waals surface area contributed by atoms with E-state index in [4.69, 9.17) is 5.11 Å². The van der Waals surface area contributed by atoms with E-state index in [0.29, 0.717) is 5.56 Å². The summed E-state index contributed by atoms with van der Waals surface area (Å²) in [5.41, 5.74) is 0.997. The lowest BCUT2D eigenvalue weighted by Gasteiger charge is -2.00. The molecular weight excluding hydrogens is 142 g/mol. The van der Waals surface area contributed by atoms with Crippen LogP contribution in [0.15, 0.2) is 17.4 Å². The van der Waals surface area contributed by atoms with Crippen LogP contribution in [-0.4, -0.2) is 10.1 Å². The maximum absolute atomic E-state index is 10.7. The highest BCUT2D eigenvalue weighted by Gasteiger charge is 2.01. The Bertz CT molecular complexity index is 312. The molecule has 58 valence electrons. The zero-order chi connectivity index (χ0) is 8.43. The Morgan fingerprint density at radius 2 is 2.36 bits per heavy atom. The van der Waals surface area contributed by atoms with Crippen molar-refractivity contribution in [3.8, 4) is 5.88 Å².